The summed E-state index contributed by atoms with van der Waals surface area (Å²) in [7, 11) is 0. The summed E-state index contributed by atoms with van der Waals surface area (Å²) in [4.78, 5) is 13.8. The van der Waals surface area contributed by atoms with Crippen molar-refractivity contribution in [3.63, 3.8) is 0 Å². The van der Waals surface area contributed by atoms with Gasteiger partial charge in [0.15, 0.2) is 0 Å². The standard InChI is InChI=1S/C7H7NO/c1-8-7-2-6(3-7,4-7)5-9/h5H,2-4H2. The lowest BCUT2D eigenvalue weighted by molar-refractivity contribution is -0.147. The average Bonchev–Trinajstić information content (AvgIpc) is 1.62. The molecule has 3 saturated carbocycles. The van der Waals surface area contributed by atoms with E-state index in [4.69, 9.17) is 6.57 Å². The highest BCUT2D eigenvalue weighted by Crippen LogP contribution is 2.68. The Morgan fingerprint density at radius 3 is 2.33 bits per heavy atom. The van der Waals surface area contributed by atoms with E-state index in [1.807, 2.05) is 0 Å². The van der Waals surface area contributed by atoms with E-state index in [9.17, 15) is 4.79 Å². The Balaban J connectivity index is 2.14. The number of hydrogen-bond donors (Lipinski definition) is 0. The molecule has 3 fully saturated rings. The number of nitrogens with zero attached hydrogens (tertiary/aromatic N) is 1. The molecule has 9 heavy (non-hydrogen) atoms. The normalized spacial score (nSPS) is 52.3. The minimum Gasteiger partial charge on any atom is -0.310 e. The quantitative estimate of drug-likeness (QED) is 0.375. The minimum atomic E-state index is -0.0685. The molecule has 0 saturated heterocycles. The van der Waals surface area contributed by atoms with Crippen molar-refractivity contribution < 1.29 is 4.79 Å². The van der Waals surface area contributed by atoms with Gasteiger partial charge in [-0.15, -0.1) is 0 Å². The van der Waals surface area contributed by atoms with Crippen LogP contribution >= 0.6 is 0 Å². The van der Waals surface area contributed by atoms with Crippen LogP contribution in [0.1, 0.15) is 19.3 Å². The summed E-state index contributed by atoms with van der Waals surface area (Å²) in [6.07, 6.45) is 3.55. The van der Waals surface area contributed by atoms with Crippen molar-refractivity contribution in [1.29, 1.82) is 0 Å². The molecule has 2 bridgehead atoms. The molecule has 3 rings (SSSR count). The van der Waals surface area contributed by atoms with Crippen molar-refractivity contribution in [2.24, 2.45) is 5.41 Å². The predicted molar refractivity (Wildman–Crippen MR) is 31.7 cm³/mol. The highest BCUT2D eigenvalue weighted by atomic mass is 16.1. The molecule has 0 radical (unpaired) electrons. The largest absolute Gasteiger partial charge is 0.310 e. The van der Waals surface area contributed by atoms with Gasteiger partial charge in [-0.25, -0.2) is 6.57 Å². The summed E-state index contributed by atoms with van der Waals surface area (Å²) in [5.74, 6) is 0. The number of carbonyl (C=O) groups excluding carboxylic acids is 1. The third-order valence-corrected chi connectivity index (χ3v) is 2.53. The van der Waals surface area contributed by atoms with Crippen molar-refractivity contribution >= 4 is 6.29 Å². The highest BCUT2D eigenvalue weighted by molar-refractivity contribution is 5.68. The van der Waals surface area contributed by atoms with Gasteiger partial charge in [-0.05, 0) is 0 Å². The molecule has 0 N–H and O–H groups in total. The molecular formula is C7H7NO. The maximum Gasteiger partial charge on any atom is 0.235 e. The molecule has 3 aliphatic carbocycles. The molecule has 0 amide bonds. The first kappa shape index (κ1) is 4.99. The van der Waals surface area contributed by atoms with Crippen molar-refractivity contribution in [2.75, 3.05) is 0 Å². The molecule has 0 spiro atoms. The van der Waals surface area contributed by atoms with Gasteiger partial charge in [-0.2, -0.15) is 0 Å². The number of aldehydes is 1. The van der Waals surface area contributed by atoms with Crippen LogP contribution in [-0.2, 0) is 4.79 Å². The van der Waals surface area contributed by atoms with Gasteiger partial charge in [0.1, 0.15) is 6.29 Å². The second-order valence-electron chi connectivity index (χ2n) is 3.35. The van der Waals surface area contributed by atoms with Gasteiger partial charge in [0.2, 0.25) is 5.54 Å². The molecule has 0 aromatic carbocycles. The summed E-state index contributed by atoms with van der Waals surface area (Å²) in [5.41, 5.74) is -0.0918. The van der Waals surface area contributed by atoms with E-state index in [1.54, 1.807) is 0 Å². The van der Waals surface area contributed by atoms with Crippen LogP contribution in [0.15, 0.2) is 0 Å². The van der Waals surface area contributed by atoms with Gasteiger partial charge >= 0.3 is 0 Å². The first-order valence-electron chi connectivity index (χ1n) is 3.09. The van der Waals surface area contributed by atoms with Crippen LogP contribution in [0.3, 0.4) is 0 Å². The molecule has 46 valence electrons. The first-order chi connectivity index (χ1) is 4.24. The summed E-state index contributed by atoms with van der Waals surface area (Å²) in [5, 5.41) is 0. The molecule has 0 heterocycles. The third-order valence-electron chi connectivity index (χ3n) is 2.53. The fourth-order valence-corrected chi connectivity index (χ4v) is 2.05. The molecule has 2 heteroatoms. The SMILES string of the molecule is [C-]#[N+]C12CC(C=O)(C1)C2. The van der Waals surface area contributed by atoms with Gasteiger partial charge < -0.3 is 9.64 Å². The second kappa shape index (κ2) is 1.04. The Morgan fingerprint density at radius 2 is 2.00 bits per heavy atom. The molecule has 0 unspecified atom stereocenters. The Kier molecular flexibility index (Phi) is 0.576. The molecule has 2 nitrogen and oxygen atoms in total. The zero-order valence-electron chi connectivity index (χ0n) is 5.05. The van der Waals surface area contributed by atoms with Gasteiger partial charge in [-0.1, -0.05) is 0 Å². The predicted octanol–water partition coefficient (Wildman–Crippen LogP) is 1.03. The van der Waals surface area contributed by atoms with E-state index < -0.39 is 0 Å². The van der Waals surface area contributed by atoms with E-state index in [-0.39, 0.29) is 11.0 Å². The number of rotatable bonds is 1. The lowest BCUT2D eigenvalue weighted by Gasteiger charge is -2.58. The summed E-state index contributed by atoms with van der Waals surface area (Å²) in [6.45, 7) is 6.77. The maximum absolute atomic E-state index is 10.3. The number of hydrogen-bond acceptors (Lipinski definition) is 1. The highest BCUT2D eigenvalue weighted by Gasteiger charge is 2.74. The summed E-state index contributed by atoms with van der Waals surface area (Å²) >= 11 is 0. The zero-order valence-corrected chi connectivity index (χ0v) is 5.05. The van der Waals surface area contributed by atoms with Crippen LogP contribution < -0.4 is 0 Å². The van der Waals surface area contributed by atoms with Crippen LogP contribution in [0.2, 0.25) is 0 Å². The lowest BCUT2D eigenvalue weighted by Crippen LogP contribution is -2.65. The maximum atomic E-state index is 10.3. The minimum absolute atomic E-state index is 0.0233. The Hall–Kier alpha value is -0.840. The van der Waals surface area contributed by atoms with Crippen LogP contribution in [0, 0.1) is 12.0 Å². The van der Waals surface area contributed by atoms with Crippen molar-refractivity contribution in [3.05, 3.63) is 11.4 Å². The van der Waals surface area contributed by atoms with Crippen molar-refractivity contribution in [3.8, 4) is 0 Å². The van der Waals surface area contributed by atoms with E-state index in [0.29, 0.717) is 0 Å². The van der Waals surface area contributed by atoms with E-state index in [0.717, 1.165) is 25.5 Å². The molecule has 0 aliphatic heterocycles. The number of carbonyl (C=O) groups is 1. The topological polar surface area (TPSA) is 21.4 Å². The smallest absolute Gasteiger partial charge is 0.235 e. The van der Waals surface area contributed by atoms with Crippen molar-refractivity contribution in [1.82, 2.24) is 0 Å². The van der Waals surface area contributed by atoms with Gasteiger partial charge in [0.25, 0.3) is 0 Å². The van der Waals surface area contributed by atoms with Crippen LogP contribution in [0.4, 0.5) is 0 Å². The molecular weight excluding hydrogens is 114 g/mol. The fraction of sp³-hybridized carbons (Fsp3) is 0.714. The van der Waals surface area contributed by atoms with Crippen molar-refractivity contribution in [2.45, 2.75) is 24.8 Å². The lowest BCUT2D eigenvalue weighted by atomic mass is 9.40. The van der Waals surface area contributed by atoms with Crippen LogP contribution in [0.5, 0.6) is 0 Å². The molecule has 0 atom stereocenters. The molecule has 3 aliphatic rings. The summed E-state index contributed by atoms with van der Waals surface area (Å²) < 4.78 is 0. The third kappa shape index (κ3) is 0.355. The Labute approximate surface area is 53.7 Å². The Bertz CT molecular complexity index is 194. The van der Waals surface area contributed by atoms with Crippen LogP contribution in [-0.4, -0.2) is 11.8 Å². The Morgan fingerprint density at radius 1 is 1.44 bits per heavy atom. The molecule has 0 aromatic heterocycles. The van der Waals surface area contributed by atoms with Gasteiger partial charge in [0.05, 0.1) is 0 Å². The monoisotopic (exact) mass is 121 g/mol. The zero-order chi connectivity index (χ0) is 6.54. The van der Waals surface area contributed by atoms with Crippen LogP contribution in [0.25, 0.3) is 4.85 Å². The average molecular weight is 121 g/mol. The van der Waals surface area contributed by atoms with E-state index >= 15 is 0 Å². The van der Waals surface area contributed by atoms with E-state index in [2.05, 4.69) is 4.85 Å². The van der Waals surface area contributed by atoms with E-state index in [1.165, 1.54) is 0 Å². The van der Waals surface area contributed by atoms with Gasteiger partial charge in [-0.3, -0.25) is 0 Å². The van der Waals surface area contributed by atoms with Gasteiger partial charge in [0, 0.05) is 24.7 Å². The second-order valence-corrected chi connectivity index (χ2v) is 3.35. The fourth-order valence-electron chi connectivity index (χ4n) is 2.05. The first-order valence-corrected chi connectivity index (χ1v) is 3.09. The summed E-state index contributed by atoms with van der Waals surface area (Å²) in [6, 6.07) is 0. The molecule has 0 aromatic rings.